The Labute approximate surface area is 122 Å². The summed E-state index contributed by atoms with van der Waals surface area (Å²) in [5.41, 5.74) is 0.433. The molecule has 2 amide bonds. The van der Waals surface area contributed by atoms with Crippen molar-refractivity contribution in [2.24, 2.45) is 0 Å². The Morgan fingerprint density at radius 2 is 2.10 bits per heavy atom. The normalized spacial score (nSPS) is 20.8. The van der Waals surface area contributed by atoms with E-state index in [-0.39, 0.29) is 23.6 Å². The van der Waals surface area contributed by atoms with Crippen LogP contribution in [0.4, 0.5) is 10.5 Å². The Hall–Kier alpha value is -2.09. The molecule has 1 atom stereocenters. The van der Waals surface area contributed by atoms with Crippen molar-refractivity contribution in [2.75, 3.05) is 23.4 Å². The monoisotopic (exact) mass is 312 g/mol. The van der Waals surface area contributed by atoms with Crippen LogP contribution in [0.5, 0.6) is 0 Å². The number of hydrogen-bond donors (Lipinski definition) is 2. The third-order valence-corrected chi connectivity index (χ3v) is 5.09. The first kappa shape index (κ1) is 15.3. The van der Waals surface area contributed by atoms with Gasteiger partial charge in [-0.3, -0.25) is 0 Å². The second-order valence-corrected chi connectivity index (χ2v) is 7.20. The minimum absolute atomic E-state index is 0.0556. The fourth-order valence-electron chi connectivity index (χ4n) is 2.23. The van der Waals surface area contributed by atoms with Crippen LogP contribution in [0.1, 0.15) is 17.3 Å². The highest BCUT2D eigenvalue weighted by Crippen LogP contribution is 2.15. The van der Waals surface area contributed by atoms with E-state index in [2.05, 4.69) is 5.32 Å². The van der Waals surface area contributed by atoms with Crippen molar-refractivity contribution in [3.05, 3.63) is 29.8 Å². The van der Waals surface area contributed by atoms with Crippen molar-refractivity contribution in [1.82, 2.24) is 4.90 Å². The lowest BCUT2D eigenvalue weighted by atomic mass is 10.2. The smallest absolute Gasteiger partial charge is 0.335 e. The highest BCUT2D eigenvalue weighted by atomic mass is 32.2. The highest BCUT2D eigenvalue weighted by Gasteiger charge is 2.31. The summed E-state index contributed by atoms with van der Waals surface area (Å²) in [6, 6.07) is 5.05. The van der Waals surface area contributed by atoms with Gasteiger partial charge >= 0.3 is 12.0 Å². The summed E-state index contributed by atoms with van der Waals surface area (Å²) in [7, 11) is -3.09. The van der Waals surface area contributed by atoms with E-state index in [1.54, 1.807) is 13.0 Å². The predicted octanol–water partition coefficient (Wildman–Crippen LogP) is 1.04. The number of hydrogen-bond acceptors (Lipinski definition) is 4. The van der Waals surface area contributed by atoms with Crippen molar-refractivity contribution >= 4 is 27.5 Å². The van der Waals surface area contributed by atoms with Crippen LogP contribution in [0, 0.1) is 0 Å². The van der Waals surface area contributed by atoms with E-state index in [9.17, 15) is 18.0 Å². The molecule has 1 aromatic rings. The lowest BCUT2D eigenvalue weighted by molar-refractivity contribution is 0.0697. The van der Waals surface area contributed by atoms with Crippen molar-refractivity contribution in [3.8, 4) is 0 Å². The van der Waals surface area contributed by atoms with Gasteiger partial charge < -0.3 is 15.3 Å². The zero-order chi connectivity index (χ0) is 15.6. The molecular formula is C13H16N2O5S. The average Bonchev–Trinajstić information content (AvgIpc) is 2.37. The largest absolute Gasteiger partial charge is 0.478 e. The van der Waals surface area contributed by atoms with Crippen LogP contribution in [0.15, 0.2) is 24.3 Å². The van der Waals surface area contributed by atoms with Crippen LogP contribution in [0.2, 0.25) is 0 Å². The second-order valence-electron chi connectivity index (χ2n) is 4.97. The number of carbonyl (C=O) groups is 2. The van der Waals surface area contributed by atoms with Gasteiger partial charge in [0.05, 0.1) is 17.1 Å². The molecule has 8 heteroatoms. The van der Waals surface area contributed by atoms with Gasteiger partial charge in [0, 0.05) is 18.3 Å². The number of carboxylic acids is 1. The van der Waals surface area contributed by atoms with Gasteiger partial charge in [-0.25, -0.2) is 18.0 Å². The first-order valence-electron chi connectivity index (χ1n) is 6.40. The molecule has 0 bridgehead atoms. The number of rotatable bonds is 2. The number of carbonyl (C=O) groups excluding carboxylic acids is 1. The van der Waals surface area contributed by atoms with Gasteiger partial charge in [0.1, 0.15) is 0 Å². The summed E-state index contributed by atoms with van der Waals surface area (Å²) in [6.07, 6.45) is 0. The second kappa shape index (κ2) is 5.72. The molecule has 21 heavy (non-hydrogen) atoms. The van der Waals surface area contributed by atoms with E-state index in [1.165, 1.54) is 23.1 Å². The van der Waals surface area contributed by atoms with Crippen LogP contribution in [0.25, 0.3) is 0 Å². The van der Waals surface area contributed by atoms with Gasteiger partial charge in [-0.1, -0.05) is 6.07 Å². The fourth-order valence-corrected chi connectivity index (χ4v) is 3.78. The molecule has 0 radical (unpaired) electrons. The number of nitrogens with zero attached hydrogens (tertiary/aromatic N) is 1. The molecule has 1 fully saturated rings. The van der Waals surface area contributed by atoms with Gasteiger partial charge in [-0.15, -0.1) is 0 Å². The van der Waals surface area contributed by atoms with Crippen molar-refractivity contribution < 1.29 is 23.1 Å². The minimum Gasteiger partial charge on any atom is -0.478 e. The molecule has 0 aromatic heterocycles. The molecular weight excluding hydrogens is 296 g/mol. The summed E-state index contributed by atoms with van der Waals surface area (Å²) in [5, 5.41) is 11.5. The van der Waals surface area contributed by atoms with E-state index in [1.807, 2.05) is 0 Å². The van der Waals surface area contributed by atoms with Crippen molar-refractivity contribution in [3.63, 3.8) is 0 Å². The fraction of sp³-hybridized carbons (Fsp3) is 0.385. The standard InChI is InChI=1S/C13H16N2O5S/c1-9-8-21(19,20)6-5-15(9)13(18)14-11-4-2-3-10(7-11)12(16)17/h2-4,7,9H,5-6,8H2,1H3,(H,14,18)(H,16,17). The van der Waals surface area contributed by atoms with Gasteiger partial charge in [-0.05, 0) is 25.1 Å². The number of urea groups is 1. The Balaban J connectivity index is 2.08. The lowest BCUT2D eigenvalue weighted by Crippen LogP contribution is -2.51. The number of sulfone groups is 1. The van der Waals surface area contributed by atoms with Crippen LogP contribution in [0.3, 0.4) is 0 Å². The highest BCUT2D eigenvalue weighted by molar-refractivity contribution is 7.91. The summed E-state index contributed by atoms with van der Waals surface area (Å²) in [4.78, 5) is 24.5. The molecule has 7 nitrogen and oxygen atoms in total. The summed E-state index contributed by atoms with van der Waals surface area (Å²) >= 11 is 0. The van der Waals surface area contributed by atoms with Gasteiger partial charge in [-0.2, -0.15) is 0 Å². The zero-order valence-electron chi connectivity index (χ0n) is 11.4. The van der Waals surface area contributed by atoms with Crippen LogP contribution in [-0.4, -0.2) is 54.5 Å². The lowest BCUT2D eigenvalue weighted by Gasteiger charge is -2.33. The SMILES string of the molecule is CC1CS(=O)(=O)CCN1C(=O)Nc1cccc(C(=O)O)c1. The molecule has 1 aliphatic heterocycles. The van der Waals surface area contributed by atoms with E-state index in [4.69, 9.17) is 5.11 Å². The van der Waals surface area contributed by atoms with Gasteiger partial charge in [0.15, 0.2) is 9.84 Å². The number of amides is 2. The maximum Gasteiger partial charge on any atom is 0.335 e. The maximum absolute atomic E-state index is 12.1. The molecule has 2 rings (SSSR count). The van der Waals surface area contributed by atoms with Crippen LogP contribution in [-0.2, 0) is 9.84 Å². The quantitative estimate of drug-likeness (QED) is 0.849. The first-order valence-corrected chi connectivity index (χ1v) is 8.22. The predicted molar refractivity (Wildman–Crippen MR) is 77.2 cm³/mol. The molecule has 1 saturated heterocycles. The number of carboxylic acid groups (broad SMARTS) is 1. The Morgan fingerprint density at radius 3 is 2.71 bits per heavy atom. The average molecular weight is 312 g/mol. The number of nitrogens with one attached hydrogen (secondary N) is 1. The summed E-state index contributed by atoms with van der Waals surface area (Å²) in [6.45, 7) is 1.80. The Morgan fingerprint density at radius 1 is 1.38 bits per heavy atom. The zero-order valence-corrected chi connectivity index (χ0v) is 12.3. The topological polar surface area (TPSA) is 104 Å². The molecule has 1 unspecified atom stereocenters. The van der Waals surface area contributed by atoms with Crippen LogP contribution < -0.4 is 5.32 Å². The Kier molecular flexibility index (Phi) is 4.17. The number of anilines is 1. The number of aromatic carboxylic acids is 1. The third kappa shape index (κ3) is 3.72. The summed E-state index contributed by atoms with van der Waals surface area (Å²) in [5.74, 6) is -1.20. The molecule has 0 saturated carbocycles. The molecule has 114 valence electrons. The first-order chi connectivity index (χ1) is 9.78. The third-order valence-electron chi connectivity index (χ3n) is 3.29. The maximum atomic E-state index is 12.1. The molecule has 0 spiro atoms. The van der Waals surface area contributed by atoms with E-state index in [0.29, 0.717) is 5.69 Å². The Bertz CT molecular complexity index is 671. The van der Waals surface area contributed by atoms with E-state index >= 15 is 0 Å². The van der Waals surface area contributed by atoms with Gasteiger partial charge in [0.2, 0.25) is 0 Å². The van der Waals surface area contributed by atoms with Crippen molar-refractivity contribution in [1.29, 1.82) is 0 Å². The number of benzene rings is 1. The molecule has 2 N–H and O–H groups in total. The molecule has 1 aromatic carbocycles. The molecule has 0 aliphatic carbocycles. The molecule has 1 heterocycles. The molecule has 1 aliphatic rings. The van der Waals surface area contributed by atoms with E-state index in [0.717, 1.165) is 0 Å². The summed E-state index contributed by atoms with van der Waals surface area (Å²) < 4.78 is 23.0. The van der Waals surface area contributed by atoms with Crippen molar-refractivity contribution in [2.45, 2.75) is 13.0 Å². The van der Waals surface area contributed by atoms with E-state index < -0.39 is 27.9 Å². The van der Waals surface area contributed by atoms with Crippen LogP contribution >= 0.6 is 0 Å². The minimum atomic E-state index is -3.09. The van der Waals surface area contributed by atoms with Gasteiger partial charge in [0.25, 0.3) is 0 Å².